The number of rotatable bonds is 2. The van der Waals surface area contributed by atoms with Crippen LogP contribution >= 0.6 is 23.8 Å². The summed E-state index contributed by atoms with van der Waals surface area (Å²) in [6.45, 7) is 0. The van der Waals surface area contributed by atoms with Gasteiger partial charge in [-0.1, -0.05) is 29.8 Å². The molecule has 0 atom stereocenters. The second-order valence-corrected chi connectivity index (χ2v) is 5.85. The van der Waals surface area contributed by atoms with E-state index < -0.39 is 11.8 Å². The van der Waals surface area contributed by atoms with E-state index in [2.05, 4.69) is 5.32 Å². The Labute approximate surface area is 148 Å². The van der Waals surface area contributed by atoms with Crippen LogP contribution in [-0.2, 0) is 9.59 Å². The van der Waals surface area contributed by atoms with E-state index >= 15 is 0 Å². The summed E-state index contributed by atoms with van der Waals surface area (Å²) in [6, 6.07) is 12.8. The maximum atomic E-state index is 12.7. The lowest BCUT2D eigenvalue weighted by atomic mass is 10.1. The van der Waals surface area contributed by atoms with Crippen molar-refractivity contribution < 1.29 is 14.7 Å². The quantitative estimate of drug-likeness (QED) is 0.492. The van der Waals surface area contributed by atoms with Gasteiger partial charge in [-0.25, -0.2) is 0 Å². The lowest BCUT2D eigenvalue weighted by Crippen LogP contribution is -2.54. The number of nitrogens with zero attached hydrogens (tertiary/aromatic N) is 1. The Bertz CT molecular complexity index is 878. The van der Waals surface area contributed by atoms with Crippen molar-refractivity contribution in [3.05, 3.63) is 64.7 Å². The summed E-state index contributed by atoms with van der Waals surface area (Å²) in [7, 11) is 0. The first-order valence-electron chi connectivity index (χ1n) is 6.92. The van der Waals surface area contributed by atoms with E-state index in [9.17, 15) is 14.7 Å². The van der Waals surface area contributed by atoms with Crippen molar-refractivity contribution >= 4 is 52.5 Å². The summed E-state index contributed by atoms with van der Waals surface area (Å²) >= 11 is 11.1. The number of anilines is 1. The molecule has 2 N–H and O–H groups in total. The van der Waals surface area contributed by atoms with Gasteiger partial charge >= 0.3 is 0 Å². The second kappa shape index (κ2) is 6.43. The number of amides is 2. The Morgan fingerprint density at radius 3 is 2.50 bits per heavy atom. The number of halogens is 1. The summed E-state index contributed by atoms with van der Waals surface area (Å²) in [5.74, 6) is -1.02. The monoisotopic (exact) mass is 358 g/mol. The van der Waals surface area contributed by atoms with Crippen LogP contribution in [0.1, 0.15) is 5.56 Å². The minimum absolute atomic E-state index is 0.00452. The maximum Gasteiger partial charge on any atom is 0.270 e. The van der Waals surface area contributed by atoms with Crippen LogP contribution in [-0.4, -0.2) is 22.0 Å². The molecule has 1 aliphatic heterocycles. The number of carbonyl (C=O) groups is 2. The van der Waals surface area contributed by atoms with Crippen molar-refractivity contribution in [3.63, 3.8) is 0 Å². The lowest BCUT2D eigenvalue weighted by Gasteiger charge is -2.29. The number of hydrogen-bond acceptors (Lipinski definition) is 4. The zero-order valence-electron chi connectivity index (χ0n) is 12.2. The Morgan fingerprint density at radius 1 is 1.12 bits per heavy atom. The first-order chi connectivity index (χ1) is 11.5. The van der Waals surface area contributed by atoms with Gasteiger partial charge in [0.05, 0.1) is 5.69 Å². The van der Waals surface area contributed by atoms with E-state index in [0.29, 0.717) is 16.3 Å². The number of hydrogen-bond donors (Lipinski definition) is 2. The van der Waals surface area contributed by atoms with E-state index in [1.165, 1.54) is 23.1 Å². The average Bonchev–Trinajstić information content (AvgIpc) is 2.53. The average molecular weight is 359 g/mol. The van der Waals surface area contributed by atoms with Gasteiger partial charge in [0.25, 0.3) is 11.8 Å². The number of benzene rings is 2. The first-order valence-corrected chi connectivity index (χ1v) is 7.70. The highest BCUT2D eigenvalue weighted by Gasteiger charge is 2.34. The molecule has 1 aliphatic rings. The van der Waals surface area contributed by atoms with Gasteiger partial charge in [-0.3, -0.25) is 19.8 Å². The zero-order chi connectivity index (χ0) is 17.3. The number of nitrogens with one attached hydrogen (secondary N) is 1. The summed E-state index contributed by atoms with van der Waals surface area (Å²) in [5, 5.41) is 12.3. The number of aromatic hydroxyl groups is 1. The van der Waals surface area contributed by atoms with Crippen LogP contribution < -0.4 is 10.2 Å². The molecule has 2 aromatic carbocycles. The molecule has 0 aromatic heterocycles. The first kappa shape index (κ1) is 16.2. The van der Waals surface area contributed by atoms with E-state index in [0.717, 1.165) is 0 Å². The van der Waals surface area contributed by atoms with Gasteiger partial charge in [0.2, 0.25) is 0 Å². The minimum Gasteiger partial charge on any atom is -0.508 e. The van der Waals surface area contributed by atoms with Gasteiger partial charge in [-0.15, -0.1) is 0 Å². The molecule has 3 rings (SSSR count). The van der Waals surface area contributed by atoms with Gasteiger partial charge in [-0.05, 0) is 54.2 Å². The lowest BCUT2D eigenvalue weighted by molar-refractivity contribution is -0.122. The number of phenolic OH excluding ortho intramolecular Hbond substituents is 1. The highest BCUT2D eigenvalue weighted by molar-refractivity contribution is 7.80. The van der Waals surface area contributed by atoms with Crippen molar-refractivity contribution in [1.29, 1.82) is 0 Å². The molecule has 2 aromatic rings. The van der Waals surface area contributed by atoms with Gasteiger partial charge in [0.1, 0.15) is 11.3 Å². The smallest absolute Gasteiger partial charge is 0.270 e. The van der Waals surface area contributed by atoms with Crippen LogP contribution in [0.2, 0.25) is 5.02 Å². The third-order valence-electron chi connectivity index (χ3n) is 3.37. The Kier molecular flexibility index (Phi) is 4.33. The third-order valence-corrected chi connectivity index (χ3v) is 3.89. The Hall–Kier alpha value is -2.70. The van der Waals surface area contributed by atoms with Crippen molar-refractivity contribution in [2.45, 2.75) is 0 Å². The normalized spacial score (nSPS) is 16.5. The van der Waals surface area contributed by atoms with Crippen molar-refractivity contribution in [3.8, 4) is 5.75 Å². The van der Waals surface area contributed by atoms with Gasteiger partial charge in [0, 0.05) is 5.02 Å². The fraction of sp³-hybridized carbons (Fsp3) is 0. The van der Waals surface area contributed by atoms with Gasteiger partial charge in [0.15, 0.2) is 5.11 Å². The minimum atomic E-state index is -0.573. The van der Waals surface area contributed by atoms with Crippen molar-refractivity contribution in [2.24, 2.45) is 0 Å². The molecule has 1 fully saturated rings. The van der Waals surface area contributed by atoms with Gasteiger partial charge < -0.3 is 5.11 Å². The summed E-state index contributed by atoms with van der Waals surface area (Å²) in [4.78, 5) is 26.1. The number of thiocarbonyl (C=S) groups is 1. The fourth-order valence-electron chi connectivity index (χ4n) is 2.24. The molecule has 1 heterocycles. The summed E-state index contributed by atoms with van der Waals surface area (Å²) in [6.07, 6.45) is 1.44. The van der Waals surface area contributed by atoms with Crippen LogP contribution in [0.3, 0.4) is 0 Å². The van der Waals surface area contributed by atoms with E-state index in [1.54, 1.807) is 36.4 Å². The van der Waals surface area contributed by atoms with Crippen LogP contribution in [0.4, 0.5) is 5.69 Å². The molecule has 0 unspecified atom stereocenters. The molecule has 7 heteroatoms. The summed E-state index contributed by atoms with van der Waals surface area (Å²) < 4.78 is 0. The molecule has 1 saturated heterocycles. The predicted molar refractivity (Wildman–Crippen MR) is 95.8 cm³/mol. The van der Waals surface area contributed by atoms with E-state index in [-0.39, 0.29) is 16.4 Å². The molecular formula is C17H11ClN2O3S. The predicted octanol–water partition coefficient (Wildman–Crippen LogP) is 2.88. The molecule has 5 nitrogen and oxygen atoms in total. The van der Waals surface area contributed by atoms with Crippen LogP contribution in [0, 0.1) is 0 Å². The van der Waals surface area contributed by atoms with E-state index in [4.69, 9.17) is 23.8 Å². The number of carbonyl (C=O) groups excluding carboxylic acids is 2. The highest BCUT2D eigenvalue weighted by atomic mass is 35.5. The SMILES string of the molecule is O=C1NC(=S)N(c2cccc(Cl)c2)C(=O)C1=Cc1ccc(O)cc1. The number of phenols is 1. The molecule has 0 radical (unpaired) electrons. The fourth-order valence-corrected chi connectivity index (χ4v) is 2.71. The summed E-state index contributed by atoms with van der Waals surface area (Å²) in [5.41, 5.74) is 1.01. The zero-order valence-corrected chi connectivity index (χ0v) is 13.8. The maximum absolute atomic E-state index is 12.7. The van der Waals surface area contributed by atoms with Crippen LogP contribution in [0.15, 0.2) is 54.1 Å². The topological polar surface area (TPSA) is 69.6 Å². The molecule has 0 spiro atoms. The van der Waals surface area contributed by atoms with Crippen LogP contribution in [0.25, 0.3) is 6.08 Å². The molecule has 0 bridgehead atoms. The van der Waals surface area contributed by atoms with Crippen molar-refractivity contribution in [2.75, 3.05) is 4.90 Å². The molecule has 24 heavy (non-hydrogen) atoms. The third kappa shape index (κ3) is 3.15. The Morgan fingerprint density at radius 2 is 1.83 bits per heavy atom. The van der Waals surface area contributed by atoms with E-state index in [1.807, 2.05) is 0 Å². The van der Waals surface area contributed by atoms with Gasteiger partial charge in [-0.2, -0.15) is 0 Å². The molecular weight excluding hydrogens is 348 g/mol. The molecule has 120 valence electrons. The standard InChI is InChI=1S/C17H11ClN2O3S/c18-11-2-1-3-12(9-11)20-16(23)14(15(22)19-17(20)24)8-10-4-6-13(21)7-5-10/h1-9,21H,(H,19,22,24). The highest BCUT2D eigenvalue weighted by Crippen LogP contribution is 2.24. The van der Waals surface area contributed by atoms with Crippen molar-refractivity contribution in [1.82, 2.24) is 5.32 Å². The van der Waals surface area contributed by atoms with Crippen LogP contribution in [0.5, 0.6) is 5.75 Å². The largest absolute Gasteiger partial charge is 0.508 e. The second-order valence-electron chi connectivity index (χ2n) is 5.03. The Balaban J connectivity index is 2.01. The molecule has 2 amide bonds. The molecule has 0 saturated carbocycles. The molecule has 0 aliphatic carbocycles.